The summed E-state index contributed by atoms with van der Waals surface area (Å²) in [6.45, 7) is 3.88. The standard InChI is InChI=1S/C19H23N3O6S/c1-11-16(18(24)22-5-7-28-8-6-22)29-19(20-11)21-17(23)12-9-13(25-2)15(27-4)14(10-12)26-3/h9-10H,5-8H2,1-4H3,(H,20,21,23). The lowest BCUT2D eigenvalue weighted by Gasteiger charge is -2.26. The molecule has 1 aliphatic heterocycles. The molecule has 2 heterocycles. The van der Waals surface area contributed by atoms with E-state index in [2.05, 4.69) is 10.3 Å². The Kier molecular flexibility index (Phi) is 6.55. The first-order valence-electron chi connectivity index (χ1n) is 8.94. The van der Waals surface area contributed by atoms with Gasteiger partial charge in [0.1, 0.15) is 4.88 Å². The van der Waals surface area contributed by atoms with Gasteiger partial charge in [-0.1, -0.05) is 11.3 Å². The van der Waals surface area contributed by atoms with E-state index in [-0.39, 0.29) is 5.91 Å². The zero-order chi connectivity index (χ0) is 21.0. The lowest BCUT2D eigenvalue weighted by molar-refractivity contribution is 0.0305. The highest BCUT2D eigenvalue weighted by molar-refractivity contribution is 7.17. The van der Waals surface area contributed by atoms with Crippen molar-refractivity contribution in [2.75, 3.05) is 52.9 Å². The van der Waals surface area contributed by atoms with Gasteiger partial charge in [-0.25, -0.2) is 4.98 Å². The molecule has 0 bridgehead atoms. The number of hydrogen-bond donors (Lipinski definition) is 1. The largest absolute Gasteiger partial charge is 0.493 e. The Morgan fingerprint density at radius 2 is 1.72 bits per heavy atom. The molecule has 1 aromatic heterocycles. The van der Waals surface area contributed by atoms with Gasteiger partial charge in [0.2, 0.25) is 5.75 Å². The summed E-state index contributed by atoms with van der Waals surface area (Å²) in [5.41, 5.74) is 0.889. The third-order valence-corrected chi connectivity index (χ3v) is 5.50. The van der Waals surface area contributed by atoms with Gasteiger partial charge in [0, 0.05) is 18.7 Å². The third kappa shape index (κ3) is 4.43. The van der Waals surface area contributed by atoms with Gasteiger partial charge in [-0.2, -0.15) is 0 Å². The van der Waals surface area contributed by atoms with Gasteiger partial charge in [-0.05, 0) is 19.1 Å². The second kappa shape index (κ2) is 9.10. The van der Waals surface area contributed by atoms with Crippen molar-refractivity contribution in [2.45, 2.75) is 6.92 Å². The number of nitrogens with zero attached hydrogens (tertiary/aromatic N) is 2. The molecule has 0 radical (unpaired) electrons. The van der Waals surface area contributed by atoms with E-state index in [0.29, 0.717) is 64.8 Å². The summed E-state index contributed by atoms with van der Waals surface area (Å²) in [4.78, 5) is 32.0. The molecule has 1 saturated heterocycles. The number of nitrogens with one attached hydrogen (secondary N) is 1. The summed E-state index contributed by atoms with van der Waals surface area (Å²) < 4.78 is 21.1. The molecule has 0 aliphatic carbocycles. The maximum atomic E-state index is 12.7. The van der Waals surface area contributed by atoms with E-state index in [1.54, 1.807) is 24.0 Å². The van der Waals surface area contributed by atoms with Crippen LogP contribution in [-0.2, 0) is 4.74 Å². The summed E-state index contributed by atoms with van der Waals surface area (Å²) in [5, 5.41) is 3.08. The quantitative estimate of drug-likeness (QED) is 0.763. The molecule has 9 nitrogen and oxygen atoms in total. The normalized spacial score (nSPS) is 13.7. The van der Waals surface area contributed by atoms with E-state index in [9.17, 15) is 9.59 Å². The monoisotopic (exact) mass is 421 g/mol. The molecule has 1 N–H and O–H groups in total. The number of methoxy groups -OCH3 is 3. The minimum Gasteiger partial charge on any atom is -0.493 e. The van der Waals surface area contributed by atoms with Crippen molar-refractivity contribution in [3.8, 4) is 17.2 Å². The van der Waals surface area contributed by atoms with Crippen LogP contribution in [0.25, 0.3) is 0 Å². The van der Waals surface area contributed by atoms with E-state index >= 15 is 0 Å². The Bertz CT molecular complexity index is 882. The van der Waals surface area contributed by atoms with E-state index in [1.165, 1.54) is 21.3 Å². The molecule has 29 heavy (non-hydrogen) atoms. The van der Waals surface area contributed by atoms with Crippen LogP contribution in [-0.4, -0.2) is 69.3 Å². The minimum atomic E-state index is -0.400. The number of hydrogen-bond acceptors (Lipinski definition) is 8. The number of amides is 2. The molecule has 3 rings (SSSR count). The maximum absolute atomic E-state index is 12.7. The number of aryl methyl sites for hydroxylation is 1. The Morgan fingerprint density at radius 3 is 2.28 bits per heavy atom. The number of morpholine rings is 1. The lowest BCUT2D eigenvalue weighted by atomic mass is 10.1. The number of anilines is 1. The van der Waals surface area contributed by atoms with Gasteiger partial charge < -0.3 is 23.8 Å². The number of rotatable bonds is 6. The van der Waals surface area contributed by atoms with Crippen molar-refractivity contribution in [1.82, 2.24) is 9.88 Å². The summed E-state index contributed by atoms with van der Waals surface area (Å²) in [5.74, 6) is 0.640. The van der Waals surface area contributed by atoms with Gasteiger partial charge in [0.25, 0.3) is 11.8 Å². The highest BCUT2D eigenvalue weighted by Crippen LogP contribution is 2.38. The molecule has 0 spiro atoms. The molecule has 0 atom stereocenters. The van der Waals surface area contributed by atoms with Crippen LogP contribution in [0, 0.1) is 6.92 Å². The van der Waals surface area contributed by atoms with Crippen molar-refractivity contribution in [3.63, 3.8) is 0 Å². The van der Waals surface area contributed by atoms with E-state index in [1.807, 2.05) is 0 Å². The molecule has 0 saturated carbocycles. The predicted molar refractivity (Wildman–Crippen MR) is 108 cm³/mol. The fourth-order valence-corrected chi connectivity index (χ4v) is 3.87. The molecule has 2 amide bonds. The number of aromatic nitrogens is 1. The molecular weight excluding hydrogens is 398 g/mol. The molecule has 1 aromatic carbocycles. The zero-order valence-corrected chi connectivity index (χ0v) is 17.6. The predicted octanol–water partition coefficient (Wildman–Crippen LogP) is 2.20. The highest BCUT2D eigenvalue weighted by atomic mass is 32.1. The number of carbonyl (C=O) groups is 2. The van der Waals surface area contributed by atoms with Crippen LogP contribution in [0.1, 0.15) is 25.7 Å². The van der Waals surface area contributed by atoms with Crippen LogP contribution in [0.3, 0.4) is 0 Å². The molecule has 10 heteroatoms. The van der Waals surface area contributed by atoms with Crippen LogP contribution < -0.4 is 19.5 Å². The van der Waals surface area contributed by atoms with Crippen molar-refractivity contribution >= 4 is 28.3 Å². The summed E-state index contributed by atoms with van der Waals surface area (Å²) >= 11 is 1.15. The first-order valence-corrected chi connectivity index (χ1v) is 9.76. The Hall–Kier alpha value is -2.85. The second-order valence-electron chi connectivity index (χ2n) is 6.21. The van der Waals surface area contributed by atoms with Gasteiger partial charge in [-0.3, -0.25) is 14.9 Å². The number of benzene rings is 1. The zero-order valence-electron chi connectivity index (χ0n) is 16.7. The molecule has 1 fully saturated rings. The average Bonchev–Trinajstić information content (AvgIpc) is 3.12. The number of ether oxygens (including phenoxy) is 4. The molecule has 156 valence electrons. The minimum absolute atomic E-state index is 0.100. The van der Waals surface area contributed by atoms with Crippen molar-refractivity contribution in [3.05, 3.63) is 28.3 Å². The van der Waals surface area contributed by atoms with Crippen molar-refractivity contribution < 1.29 is 28.5 Å². The number of carbonyl (C=O) groups excluding carboxylic acids is 2. The van der Waals surface area contributed by atoms with Gasteiger partial charge in [-0.15, -0.1) is 0 Å². The molecule has 2 aromatic rings. The van der Waals surface area contributed by atoms with Crippen molar-refractivity contribution in [2.24, 2.45) is 0 Å². The first kappa shape index (κ1) is 20.9. The van der Waals surface area contributed by atoms with Crippen molar-refractivity contribution in [1.29, 1.82) is 0 Å². The fourth-order valence-electron chi connectivity index (χ4n) is 2.94. The highest BCUT2D eigenvalue weighted by Gasteiger charge is 2.24. The molecular formula is C19H23N3O6S. The Morgan fingerprint density at radius 1 is 1.10 bits per heavy atom. The maximum Gasteiger partial charge on any atom is 0.266 e. The summed E-state index contributed by atoms with van der Waals surface area (Å²) in [6, 6.07) is 3.11. The van der Waals surface area contributed by atoms with E-state index in [4.69, 9.17) is 18.9 Å². The molecule has 0 unspecified atom stereocenters. The lowest BCUT2D eigenvalue weighted by Crippen LogP contribution is -2.40. The van der Waals surface area contributed by atoms with Gasteiger partial charge in [0.15, 0.2) is 16.6 Å². The van der Waals surface area contributed by atoms with Crippen LogP contribution in [0.15, 0.2) is 12.1 Å². The Balaban J connectivity index is 1.80. The molecule has 1 aliphatic rings. The summed E-state index contributed by atoms with van der Waals surface area (Å²) in [6.07, 6.45) is 0. The first-order chi connectivity index (χ1) is 14.0. The fraction of sp³-hybridized carbons (Fsp3) is 0.421. The average molecular weight is 421 g/mol. The third-order valence-electron chi connectivity index (χ3n) is 4.44. The SMILES string of the molecule is COc1cc(C(=O)Nc2nc(C)c(C(=O)N3CCOCC3)s2)cc(OC)c1OC. The van der Waals surface area contributed by atoms with Gasteiger partial charge in [0.05, 0.1) is 40.2 Å². The van der Waals surface area contributed by atoms with Crippen LogP contribution in [0.4, 0.5) is 5.13 Å². The van der Waals surface area contributed by atoms with Crippen LogP contribution in [0.2, 0.25) is 0 Å². The number of thiazole rings is 1. The Labute approximate surface area is 172 Å². The van der Waals surface area contributed by atoms with Crippen LogP contribution >= 0.6 is 11.3 Å². The smallest absolute Gasteiger partial charge is 0.266 e. The van der Waals surface area contributed by atoms with E-state index < -0.39 is 5.91 Å². The van der Waals surface area contributed by atoms with Crippen LogP contribution in [0.5, 0.6) is 17.2 Å². The second-order valence-corrected chi connectivity index (χ2v) is 7.21. The topological polar surface area (TPSA) is 99.2 Å². The van der Waals surface area contributed by atoms with Gasteiger partial charge >= 0.3 is 0 Å². The van der Waals surface area contributed by atoms with E-state index in [0.717, 1.165) is 11.3 Å². The summed E-state index contributed by atoms with van der Waals surface area (Å²) in [7, 11) is 4.45.